The molecule has 1 heterocycles. The van der Waals surface area contributed by atoms with Gasteiger partial charge < -0.3 is 5.73 Å². The quantitative estimate of drug-likeness (QED) is 0.813. The molecular formula is C17H16BrN3O2S. The molecule has 1 amide bonds. The molecule has 1 unspecified atom stereocenters. The van der Waals surface area contributed by atoms with Gasteiger partial charge in [-0.15, -0.1) is 0 Å². The molecule has 0 aliphatic carbocycles. The van der Waals surface area contributed by atoms with Crippen LogP contribution in [-0.4, -0.2) is 23.2 Å². The van der Waals surface area contributed by atoms with E-state index in [0.29, 0.717) is 16.3 Å². The van der Waals surface area contributed by atoms with Crippen LogP contribution < -0.4 is 5.73 Å². The van der Waals surface area contributed by atoms with Gasteiger partial charge in [-0.1, -0.05) is 39.8 Å². The Hall–Kier alpha value is -1.91. The topological polar surface area (TPSA) is 96.3 Å². The summed E-state index contributed by atoms with van der Waals surface area (Å²) in [6, 6.07) is 9.70. The molecular weight excluding hydrogens is 390 g/mol. The predicted octanol–water partition coefficient (Wildman–Crippen LogP) is 3.17. The molecule has 5 nitrogen and oxygen atoms in total. The number of hydrogen-bond acceptors (Lipinski definition) is 5. The van der Waals surface area contributed by atoms with Gasteiger partial charge in [-0.2, -0.15) is 5.26 Å². The number of Topliss-reactive ketones (excluding diaryl/α,β-unsaturated/α-hetero) is 1. The number of carbonyl (C=O) groups excluding carboxylic acids is 2. The van der Waals surface area contributed by atoms with E-state index in [1.54, 1.807) is 6.92 Å². The molecule has 0 spiro atoms. The zero-order chi connectivity index (χ0) is 17.9. The first-order valence-electron chi connectivity index (χ1n) is 7.21. The summed E-state index contributed by atoms with van der Waals surface area (Å²) in [4.78, 5) is 27.7. The molecule has 124 valence electrons. The van der Waals surface area contributed by atoms with Gasteiger partial charge in [0.25, 0.3) is 0 Å². The lowest BCUT2D eigenvalue weighted by Crippen LogP contribution is -2.31. The first kappa shape index (κ1) is 18.4. The van der Waals surface area contributed by atoms with Gasteiger partial charge in [0, 0.05) is 16.1 Å². The minimum absolute atomic E-state index is 0.0368. The molecule has 0 saturated carbocycles. The molecule has 1 aromatic carbocycles. The number of amides is 1. The van der Waals surface area contributed by atoms with E-state index < -0.39 is 17.7 Å². The molecule has 0 fully saturated rings. The highest BCUT2D eigenvalue weighted by molar-refractivity contribution is 9.10. The highest BCUT2D eigenvalue weighted by Crippen LogP contribution is 2.42. The van der Waals surface area contributed by atoms with Crippen molar-refractivity contribution in [3.63, 3.8) is 0 Å². The third-order valence-corrected chi connectivity index (χ3v) is 5.28. The van der Waals surface area contributed by atoms with E-state index in [1.165, 1.54) is 6.92 Å². The summed E-state index contributed by atoms with van der Waals surface area (Å²) < 4.78 is 0.914. The number of aliphatic imine (C=N–C) groups is 1. The smallest absolute Gasteiger partial charge is 0.227 e. The molecule has 0 saturated heterocycles. The number of nitriles is 1. The summed E-state index contributed by atoms with van der Waals surface area (Å²) in [7, 11) is 0. The van der Waals surface area contributed by atoms with Gasteiger partial charge in [-0.05, 0) is 31.5 Å². The van der Waals surface area contributed by atoms with Crippen molar-refractivity contribution in [1.82, 2.24) is 0 Å². The maximum Gasteiger partial charge on any atom is 0.227 e. The average molecular weight is 406 g/mol. The molecule has 2 rings (SSSR count). The number of ketones is 1. The van der Waals surface area contributed by atoms with Crippen LogP contribution in [0.2, 0.25) is 0 Å². The van der Waals surface area contributed by atoms with E-state index in [0.717, 1.165) is 21.8 Å². The van der Waals surface area contributed by atoms with E-state index in [2.05, 4.69) is 27.0 Å². The molecule has 1 aliphatic heterocycles. The number of allylic oxidation sites excluding steroid dienone is 1. The van der Waals surface area contributed by atoms with Crippen LogP contribution in [0, 0.1) is 17.2 Å². The molecule has 7 heteroatoms. The summed E-state index contributed by atoms with van der Waals surface area (Å²) in [6.07, 6.45) is 0. The van der Waals surface area contributed by atoms with Crippen molar-refractivity contribution in [2.45, 2.75) is 19.8 Å². The van der Waals surface area contributed by atoms with Crippen LogP contribution in [-0.2, 0) is 9.59 Å². The third kappa shape index (κ3) is 3.94. The molecule has 0 bridgehead atoms. The first-order valence-corrected chi connectivity index (χ1v) is 8.99. The highest BCUT2D eigenvalue weighted by Gasteiger charge is 2.37. The Morgan fingerprint density at radius 3 is 2.50 bits per heavy atom. The minimum atomic E-state index is -0.487. The lowest BCUT2D eigenvalue weighted by molar-refractivity contribution is -0.119. The number of thioether (sulfide) groups is 1. The van der Waals surface area contributed by atoms with E-state index in [9.17, 15) is 14.9 Å². The van der Waals surface area contributed by atoms with Crippen LogP contribution in [0.4, 0.5) is 0 Å². The maximum absolute atomic E-state index is 12.2. The minimum Gasteiger partial charge on any atom is -0.369 e. The van der Waals surface area contributed by atoms with Crippen molar-refractivity contribution >= 4 is 45.1 Å². The van der Waals surface area contributed by atoms with E-state index in [4.69, 9.17) is 5.73 Å². The van der Waals surface area contributed by atoms with Crippen LogP contribution in [0.3, 0.4) is 0 Å². The summed E-state index contributed by atoms with van der Waals surface area (Å²) in [5, 5.41) is 10.1. The van der Waals surface area contributed by atoms with Gasteiger partial charge in [0.2, 0.25) is 5.91 Å². The Labute approximate surface area is 153 Å². The van der Waals surface area contributed by atoms with Crippen molar-refractivity contribution in [1.29, 1.82) is 5.26 Å². The Morgan fingerprint density at radius 1 is 1.38 bits per heavy atom. The fraction of sp³-hybridized carbons (Fsp3) is 0.294. The molecule has 1 aliphatic rings. The standard InChI is InChI=1S/C17H16BrN3O2S/c1-9-15(10(2)22)16(11-3-5-12(18)6-4-11)13(7-19)17(21-9)24-8-14(20)23/h3-6,15-16H,8H2,1-2H3,(H2,20,23)/t15?,16-/m0/s1. The van der Waals surface area contributed by atoms with Crippen molar-refractivity contribution in [3.8, 4) is 6.07 Å². The zero-order valence-electron chi connectivity index (χ0n) is 13.2. The first-order chi connectivity index (χ1) is 11.3. The Balaban J connectivity index is 2.57. The number of halogens is 1. The van der Waals surface area contributed by atoms with Gasteiger partial charge in [0.05, 0.1) is 23.3 Å². The average Bonchev–Trinajstić information content (AvgIpc) is 2.52. The van der Waals surface area contributed by atoms with Crippen LogP contribution in [0.1, 0.15) is 25.3 Å². The van der Waals surface area contributed by atoms with Crippen LogP contribution in [0.15, 0.2) is 44.3 Å². The number of nitrogens with zero attached hydrogens (tertiary/aromatic N) is 2. The van der Waals surface area contributed by atoms with E-state index in [1.807, 2.05) is 24.3 Å². The second-order valence-corrected chi connectivity index (χ2v) is 7.34. The molecule has 24 heavy (non-hydrogen) atoms. The number of primary amides is 1. The van der Waals surface area contributed by atoms with E-state index >= 15 is 0 Å². The largest absolute Gasteiger partial charge is 0.369 e. The maximum atomic E-state index is 12.2. The normalized spacial score (nSPS) is 20.3. The fourth-order valence-electron chi connectivity index (χ4n) is 2.76. The summed E-state index contributed by atoms with van der Waals surface area (Å²) in [5.74, 6) is -1.38. The molecule has 0 aromatic heterocycles. The molecule has 0 radical (unpaired) electrons. The van der Waals surface area contributed by atoms with Gasteiger partial charge in [0.15, 0.2) is 0 Å². The second-order valence-electron chi connectivity index (χ2n) is 5.46. The van der Waals surface area contributed by atoms with Crippen LogP contribution in [0.5, 0.6) is 0 Å². The van der Waals surface area contributed by atoms with Gasteiger partial charge in [0.1, 0.15) is 10.8 Å². The summed E-state index contributed by atoms with van der Waals surface area (Å²) in [5.41, 5.74) is 7.10. The summed E-state index contributed by atoms with van der Waals surface area (Å²) >= 11 is 4.52. The van der Waals surface area contributed by atoms with Crippen molar-refractivity contribution in [3.05, 3.63) is 44.9 Å². The Bertz CT molecular complexity index is 778. The molecule has 2 N–H and O–H groups in total. The van der Waals surface area contributed by atoms with Gasteiger partial charge >= 0.3 is 0 Å². The van der Waals surface area contributed by atoms with Crippen LogP contribution in [0.25, 0.3) is 0 Å². The number of carbonyl (C=O) groups is 2. The van der Waals surface area contributed by atoms with Gasteiger partial charge in [-0.3, -0.25) is 9.59 Å². The van der Waals surface area contributed by atoms with Gasteiger partial charge in [-0.25, -0.2) is 4.99 Å². The van der Waals surface area contributed by atoms with Crippen molar-refractivity contribution < 1.29 is 9.59 Å². The Kier molecular flexibility index (Phi) is 5.97. The number of hydrogen-bond donors (Lipinski definition) is 1. The third-order valence-electron chi connectivity index (χ3n) is 3.74. The highest BCUT2D eigenvalue weighted by atomic mass is 79.9. The summed E-state index contributed by atoms with van der Waals surface area (Å²) in [6.45, 7) is 3.28. The predicted molar refractivity (Wildman–Crippen MR) is 98.5 cm³/mol. The van der Waals surface area contributed by atoms with Crippen molar-refractivity contribution in [2.75, 3.05) is 5.75 Å². The lowest BCUT2D eigenvalue weighted by atomic mass is 9.75. The molecule has 2 atom stereocenters. The number of nitrogens with two attached hydrogens (primary N) is 1. The SMILES string of the molecule is CC(=O)C1C(C)=NC(SCC(N)=O)=C(C#N)[C@@H]1c1ccc(Br)cc1. The Morgan fingerprint density at radius 2 is 2.00 bits per heavy atom. The second kappa shape index (κ2) is 7.77. The number of benzene rings is 1. The van der Waals surface area contributed by atoms with E-state index in [-0.39, 0.29) is 11.5 Å². The van der Waals surface area contributed by atoms with Crippen molar-refractivity contribution in [2.24, 2.45) is 16.6 Å². The number of rotatable bonds is 5. The monoisotopic (exact) mass is 405 g/mol. The lowest BCUT2D eigenvalue weighted by Gasteiger charge is -2.30. The van der Waals surface area contributed by atoms with Crippen LogP contribution >= 0.6 is 27.7 Å². The zero-order valence-corrected chi connectivity index (χ0v) is 15.6. The fourth-order valence-corrected chi connectivity index (χ4v) is 3.84. The molecule has 1 aromatic rings.